The molecule has 156 valence electrons. The van der Waals surface area contributed by atoms with Crippen LogP contribution in [0.25, 0.3) is 11.1 Å². The minimum atomic E-state index is -0.502. The molecule has 6 nitrogen and oxygen atoms in total. The Bertz CT molecular complexity index is 990. The molecule has 0 bridgehead atoms. The van der Waals surface area contributed by atoms with Gasteiger partial charge in [-0.3, -0.25) is 9.69 Å². The Morgan fingerprint density at radius 3 is 2.80 bits per heavy atom. The average Bonchev–Trinajstić information content (AvgIpc) is 3.23. The first-order valence-electron chi connectivity index (χ1n) is 9.95. The van der Waals surface area contributed by atoms with E-state index in [1.54, 1.807) is 6.08 Å². The fourth-order valence-corrected chi connectivity index (χ4v) is 4.05. The molecule has 0 radical (unpaired) electrons. The third-order valence-electron chi connectivity index (χ3n) is 5.50. The van der Waals surface area contributed by atoms with Crippen LogP contribution in [0, 0.1) is 5.82 Å². The Morgan fingerprint density at radius 1 is 1.33 bits per heavy atom. The maximum absolute atomic E-state index is 15.0. The first kappa shape index (κ1) is 20.1. The predicted molar refractivity (Wildman–Crippen MR) is 113 cm³/mol. The van der Waals surface area contributed by atoms with Crippen LogP contribution in [0.4, 0.5) is 14.9 Å². The van der Waals surface area contributed by atoms with Crippen LogP contribution in [0.3, 0.4) is 0 Å². The molecule has 2 heterocycles. The topological polar surface area (TPSA) is 70.7 Å². The van der Waals surface area contributed by atoms with E-state index in [2.05, 4.69) is 17.2 Å². The van der Waals surface area contributed by atoms with Crippen molar-refractivity contribution in [2.24, 2.45) is 0 Å². The molecule has 2 N–H and O–H groups in total. The third kappa shape index (κ3) is 3.80. The van der Waals surface area contributed by atoms with Crippen molar-refractivity contribution in [2.75, 3.05) is 18.0 Å². The first-order chi connectivity index (χ1) is 14.5. The predicted octanol–water partition coefficient (Wildman–Crippen LogP) is 3.15. The normalized spacial score (nSPS) is 19.3. The number of benzene rings is 2. The van der Waals surface area contributed by atoms with Crippen LogP contribution in [0.2, 0.25) is 0 Å². The van der Waals surface area contributed by atoms with Crippen molar-refractivity contribution in [2.45, 2.75) is 32.0 Å². The summed E-state index contributed by atoms with van der Waals surface area (Å²) in [5, 5.41) is 5.93. The lowest BCUT2D eigenvalue weighted by atomic mass is 9.98. The number of rotatable bonds is 7. The van der Waals surface area contributed by atoms with Gasteiger partial charge in [0.2, 0.25) is 5.91 Å². The van der Waals surface area contributed by atoms with E-state index in [0.717, 1.165) is 23.2 Å². The zero-order valence-corrected chi connectivity index (χ0v) is 16.8. The zero-order chi connectivity index (χ0) is 21.3. The van der Waals surface area contributed by atoms with Gasteiger partial charge in [0.15, 0.2) is 0 Å². The van der Waals surface area contributed by atoms with Gasteiger partial charge in [0, 0.05) is 25.6 Å². The Hall–Kier alpha value is -3.19. The molecule has 0 aromatic heterocycles. The van der Waals surface area contributed by atoms with Crippen molar-refractivity contribution in [3.8, 4) is 11.1 Å². The molecule has 2 aromatic rings. The molecule has 0 spiro atoms. The molecule has 2 aliphatic heterocycles. The van der Waals surface area contributed by atoms with Crippen molar-refractivity contribution in [3.63, 3.8) is 0 Å². The van der Waals surface area contributed by atoms with Crippen LogP contribution in [-0.2, 0) is 22.5 Å². The van der Waals surface area contributed by atoms with E-state index in [-0.39, 0.29) is 24.3 Å². The smallest absolute Gasteiger partial charge is 0.415 e. The quantitative estimate of drug-likeness (QED) is 0.544. The summed E-state index contributed by atoms with van der Waals surface area (Å²) in [6.07, 6.45) is 1.40. The lowest BCUT2D eigenvalue weighted by molar-refractivity contribution is -0.119. The summed E-state index contributed by atoms with van der Waals surface area (Å²) in [5.41, 5.74) is 3.84. The number of hydrogen-bond acceptors (Lipinski definition) is 4. The first-order valence-corrected chi connectivity index (χ1v) is 9.95. The number of carbonyl (C=O) groups is 2. The summed E-state index contributed by atoms with van der Waals surface area (Å²) in [4.78, 5) is 25.1. The van der Waals surface area contributed by atoms with Crippen LogP contribution in [0.1, 0.15) is 18.1 Å². The Morgan fingerprint density at radius 2 is 2.10 bits per heavy atom. The van der Waals surface area contributed by atoms with Crippen molar-refractivity contribution in [1.82, 2.24) is 10.6 Å². The molecule has 2 aromatic carbocycles. The van der Waals surface area contributed by atoms with Gasteiger partial charge >= 0.3 is 6.09 Å². The monoisotopic (exact) mass is 409 g/mol. The van der Waals surface area contributed by atoms with Crippen LogP contribution < -0.4 is 15.5 Å². The van der Waals surface area contributed by atoms with E-state index in [1.165, 1.54) is 17.9 Å². The molecule has 2 atom stereocenters. The molecule has 1 saturated heterocycles. The standard InChI is InChI=1S/C23H24FN3O3/c1-3-8-25-12-15-4-6-16(7-5-15)18-9-17-10-21-22(13-26-14(2)28)30-23(29)27(21)20(17)11-19(18)24/h3-7,9,11,21-22,25H,1,8,10,12-13H2,2H3,(H,26,28)/t21-,22-/m0/s1. The van der Waals surface area contributed by atoms with Gasteiger partial charge in [0.25, 0.3) is 0 Å². The highest BCUT2D eigenvalue weighted by atomic mass is 19.1. The molecule has 2 aliphatic rings. The highest BCUT2D eigenvalue weighted by Gasteiger charge is 2.47. The Kier molecular flexibility index (Phi) is 5.55. The van der Waals surface area contributed by atoms with E-state index in [1.807, 2.05) is 30.3 Å². The minimum Gasteiger partial charge on any atom is -0.442 e. The van der Waals surface area contributed by atoms with E-state index < -0.39 is 12.2 Å². The number of cyclic esters (lactones) is 1. The number of nitrogens with zero attached hydrogens (tertiary/aromatic N) is 1. The van der Waals surface area contributed by atoms with Gasteiger partial charge < -0.3 is 15.4 Å². The third-order valence-corrected chi connectivity index (χ3v) is 5.50. The summed E-state index contributed by atoms with van der Waals surface area (Å²) in [6.45, 7) is 6.78. The van der Waals surface area contributed by atoms with E-state index in [9.17, 15) is 14.0 Å². The summed E-state index contributed by atoms with van der Waals surface area (Å²) in [5.74, 6) is -0.568. The van der Waals surface area contributed by atoms with Gasteiger partial charge in [0.1, 0.15) is 11.9 Å². The van der Waals surface area contributed by atoms with Crippen LogP contribution in [0.5, 0.6) is 0 Å². The number of halogens is 1. The second kappa shape index (κ2) is 8.28. The number of anilines is 1. The Balaban J connectivity index is 1.56. The highest BCUT2D eigenvalue weighted by Crippen LogP contribution is 2.41. The van der Waals surface area contributed by atoms with Crippen molar-refractivity contribution in [1.29, 1.82) is 0 Å². The maximum Gasteiger partial charge on any atom is 0.415 e. The van der Waals surface area contributed by atoms with Gasteiger partial charge in [0.05, 0.1) is 18.3 Å². The Labute approximate surface area is 174 Å². The van der Waals surface area contributed by atoms with E-state index in [0.29, 0.717) is 24.2 Å². The van der Waals surface area contributed by atoms with Gasteiger partial charge in [-0.05, 0) is 35.2 Å². The van der Waals surface area contributed by atoms with E-state index >= 15 is 0 Å². The second-order valence-electron chi connectivity index (χ2n) is 7.58. The SMILES string of the molecule is C=CCNCc1ccc(-c2cc3c(cc2F)N2C(=O)O[C@@H](CNC(C)=O)[C@@H]2C3)cc1. The van der Waals surface area contributed by atoms with Crippen LogP contribution in [0.15, 0.2) is 49.1 Å². The molecule has 1 fully saturated rings. The molecule has 0 aliphatic carbocycles. The lowest BCUT2D eigenvalue weighted by Crippen LogP contribution is -2.40. The van der Waals surface area contributed by atoms with Crippen molar-refractivity contribution >= 4 is 17.7 Å². The number of fused-ring (bicyclic) bond motifs is 3. The number of nitrogens with one attached hydrogen (secondary N) is 2. The fraction of sp³-hybridized carbons (Fsp3) is 0.304. The average molecular weight is 409 g/mol. The van der Waals surface area contributed by atoms with Gasteiger partial charge in [-0.15, -0.1) is 6.58 Å². The summed E-state index contributed by atoms with van der Waals surface area (Å²) in [6, 6.07) is 10.7. The highest BCUT2D eigenvalue weighted by molar-refractivity contribution is 5.94. The van der Waals surface area contributed by atoms with Crippen LogP contribution in [-0.4, -0.2) is 37.2 Å². The fourth-order valence-electron chi connectivity index (χ4n) is 4.05. The minimum absolute atomic E-state index is 0.184. The maximum atomic E-state index is 15.0. The lowest BCUT2D eigenvalue weighted by Gasteiger charge is -2.16. The molecular weight excluding hydrogens is 385 g/mol. The molecular formula is C23H24FN3O3. The number of amides is 2. The van der Waals surface area contributed by atoms with E-state index in [4.69, 9.17) is 4.74 Å². The van der Waals surface area contributed by atoms with Crippen molar-refractivity contribution in [3.05, 3.63) is 66.0 Å². The van der Waals surface area contributed by atoms with Gasteiger partial charge in [-0.2, -0.15) is 0 Å². The molecule has 7 heteroatoms. The van der Waals surface area contributed by atoms with Gasteiger partial charge in [-0.25, -0.2) is 9.18 Å². The summed E-state index contributed by atoms with van der Waals surface area (Å²) >= 11 is 0. The number of ether oxygens (including phenoxy) is 1. The number of hydrogen-bond donors (Lipinski definition) is 2. The summed E-state index contributed by atoms with van der Waals surface area (Å²) < 4.78 is 20.3. The molecule has 2 amide bonds. The molecule has 30 heavy (non-hydrogen) atoms. The van der Waals surface area contributed by atoms with Crippen molar-refractivity contribution < 1.29 is 18.7 Å². The largest absolute Gasteiger partial charge is 0.442 e. The zero-order valence-electron chi connectivity index (χ0n) is 16.8. The second-order valence-corrected chi connectivity index (χ2v) is 7.58. The molecule has 0 saturated carbocycles. The summed E-state index contributed by atoms with van der Waals surface area (Å²) in [7, 11) is 0. The molecule has 0 unspecified atom stereocenters. The molecule has 4 rings (SSSR count). The number of carbonyl (C=O) groups excluding carboxylic acids is 2. The van der Waals surface area contributed by atoms with Crippen LogP contribution >= 0.6 is 0 Å². The van der Waals surface area contributed by atoms with Gasteiger partial charge in [-0.1, -0.05) is 30.3 Å².